The molecule has 0 aromatic carbocycles. The van der Waals surface area contributed by atoms with Crippen LogP contribution in [0, 0.1) is 5.41 Å². The lowest BCUT2D eigenvalue weighted by molar-refractivity contribution is 0.421. The van der Waals surface area contributed by atoms with Crippen LogP contribution in [0.2, 0.25) is 4.34 Å². The second kappa shape index (κ2) is 5.38. The molecule has 0 saturated heterocycles. The van der Waals surface area contributed by atoms with E-state index >= 15 is 0 Å². The van der Waals surface area contributed by atoms with E-state index in [-0.39, 0.29) is 0 Å². The predicted molar refractivity (Wildman–Crippen MR) is 75.3 cm³/mol. The predicted octanol–water partition coefficient (Wildman–Crippen LogP) is 4.83. The molecule has 1 aliphatic rings. The third kappa shape index (κ3) is 3.22. The summed E-state index contributed by atoms with van der Waals surface area (Å²) in [4.78, 5) is 1.31. The molecule has 1 aromatic rings. The van der Waals surface area contributed by atoms with E-state index < -0.39 is 0 Å². The first-order chi connectivity index (χ1) is 7.65. The summed E-state index contributed by atoms with van der Waals surface area (Å²) in [5.74, 6) is 0. The monoisotopic (exact) mass is 321 g/mol. The molecule has 1 fully saturated rings. The van der Waals surface area contributed by atoms with Gasteiger partial charge in [0.2, 0.25) is 0 Å². The second-order valence-electron chi connectivity index (χ2n) is 4.69. The zero-order valence-corrected chi connectivity index (χ0v) is 12.6. The minimum Gasteiger partial charge on any atom is -0.311 e. The minimum absolute atomic E-state index is 0.632. The highest BCUT2D eigenvalue weighted by molar-refractivity contribution is 9.10. The Hall–Kier alpha value is 0.430. The lowest BCUT2D eigenvalue weighted by atomic mass is 10.0. The number of nitrogens with one attached hydrogen (secondary N) is 1. The van der Waals surface area contributed by atoms with Crippen molar-refractivity contribution in [1.29, 1.82) is 0 Å². The van der Waals surface area contributed by atoms with Crippen molar-refractivity contribution in [1.82, 2.24) is 5.32 Å². The Morgan fingerprint density at radius 2 is 2.31 bits per heavy atom. The highest BCUT2D eigenvalue weighted by Crippen LogP contribution is 2.49. The van der Waals surface area contributed by atoms with Gasteiger partial charge in [0.05, 0.1) is 0 Å². The molecule has 0 atom stereocenters. The minimum atomic E-state index is 0.632. The van der Waals surface area contributed by atoms with Crippen molar-refractivity contribution in [2.75, 3.05) is 6.54 Å². The summed E-state index contributed by atoms with van der Waals surface area (Å²) in [7, 11) is 0. The molecule has 0 unspecified atom stereocenters. The van der Waals surface area contributed by atoms with Crippen molar-refractivity contribution in [3.8, 4) is 0 Å². The Kier molecular flexibility index (Phi) is 4.33. The Bertz CT molecular complexity index is 340. The molecule has 1 aromatic heterocycles. The van der Waals surface area contributed by atoms with Gasteiger partial charge in [0.15, 0.2) is 0 Å². The van der Waals surface area contributed by atoms with Crippen LogP contribution in [0.4, 0.5) is 0 Å². The Morgan fingerprint density at radius 1 is 1.56 bits per heavy atom. The van der Waals surface area contributed by atoms with Crippen LogP contribution in [0.3, 0.4) is 0 Å². The molecular weight excluding hydrogens is 306 g/mol. The summed E-state index contributed by atoms with van der Waals surface area (Å²) in [5.41, 5.74) is 0.632. The molecule has 0 radical (unpaired) electrons. The molecule has 90 valence electrons. The van der Waals surface area contributed by atoms with E-state index in [1.54, 1.807) is 11.3 Å². The quantitative estimate of drug-likeness (QED) is 0.790. The summed E-state index contributed by atoms with van der Waals surface area (Å²) >= 11 is 11.1. The van der Waals surface area contributed by atoms with E-state index in [0.29, 0.717) is 5.41 Å². The van der Waals surface area contributed by atoms with Crippen molar-refractivity contribution < 1.29 is 0 Å². The van der Waals surface area contributed by atoms with E-state index in [4.69, 9.17) is 11.6 Å². The molecule has 0 amide bonds. The van der Waals surface area contributed by atoms with Crippen LogP contribution in [0.25, 0.3) is 0 Å². The average Bonchev–Trinajstić information content (AvgIpc) is 2.91. The summed E-state index contributed by atoms with van der Waals surface area (Å²) in [6, 6.07) is 2.11. The first-order valence-corrected chi connectivity index (χ1v) is 7.78. The Balaban J connectivity index is 1.76. The third-order valence-electron chi connectivity index (χ3n) is 3.23. The van der Waals surface area contributed by atoms with Gasteiger partial charge in [0.1, 0.15) is 4.34 Å². The highest BCUT2D eigenvalue weighted by atomic mass is 79.9. The number of halogens is 2. The van der Waals surface area contributed by atoms with Crippen LogP contribution in [0.5, 0.6) is 0 Å². The van der Waals surface area contributed by atoms with Crippen molar-refractivity contribution in [2.45, 2.75) is 39.2 Å². The third-order valence-corrected chi connectivity index (χ3v) is 5.71. The van der Waals surface area contributed by atoms with Crippen molar-refractivity contribution in [3.05, 3.63) is 19.8 Å². The number of hydrogen-bond acceptors (Lipinski definition) is 2. The van der Waals surface area contributed by atoms with Crippen molar-refractivity contribution in [2.24, 2.45) is 5.41 Å². The maximum atomic E-state index is 6.00. The molecule has 1 nitrogen and oxygen atoms in total. The van der Waals surface area contributed by atoms with Crippen LogP contribution in [-0.4, -0.2) is 6.54 Å². The maximum absolute atomic E-state index is 6.00. The zero-order chi connectivity index (χ0) is 11.6. The van der Waals surface area contributed by atoms with Gasteiger partial charge >= 0.3 is 0 Å². The number of thiophene rings is 1. The second-order valence-corrected chi connectivity index (χ2v) is 7.28. The molecule has 2 rings (SSSR count). The standard InChI is InChI=1S/C12H17BrClNS/c1-2-3-12(4-5-12)8-15-7-9-6-10(13)11(14)16-9/h6,15H,2-5,7-8H2,1H3. The van der Waals surface area contributed by atoms with Crippen LogP contribution in [-0.2, 0) is 6.54 Å². The zero-order valence-electron chi connectivity index (χ0n) is 9.48. The summed E-state index contributed by atoms with van der Waals surface area (Å²) < 4.78 is 1.87. The van der Waals surface area contributed by atoms with E-state index in [9.17, 15) is 0 Å². The SMILES string of the molecule is CCCC1(CNCc2cc(Br)c(Cl)s2)CC1. The lowest BCUT2D eigenvalue weighted by Crippen LogP contribution is -2.23. The van der Waals surface area contributed by atoms with Gasteiger partial charge in [-0.15, -0.1) is 11.3 Å². The molecular formula is C12H17BrClNS. The molecule has 0 aliphatic heterocycles. The first-order valence-electron chi connectivity index (χ1n) is 5.80. The number of hydrogen-bond donors (Lipinski definition) is 1. The molecule has 4 heteroatoms. The van der Waals surface area contributed by atoms with Gasteiger partial charge in [-0.25, -0.2) is 0 Å². The van der Waals surface area contributed by atoms with Gasteiger partial charge in [-0.05, 0) is 46.7 Å². The molecule has 0 bridgehead atoms. The van der Waals surface area contributed by atoms with E-state index in [2.05, 4.69) is 34.2 Å². The van der Waals surface area contributed by atoms with Gasteiger partial charge in [-0.2, -0.15) is 0 Å². The molecule has 1 heterocycles. The molecule has 16 heavy (non-hydrogen) atoms. The maximum Gasteiger partial charge on any atom is 0.107 e. The van der Waals surface area contributed by atoms with Crippen molar-refractivity contribution >= 4 is 38.9 Å². The van der Waals surface area contributed by atoms with E-state index in [1.165, 1.54) is 30.6 Å². The van der Waals surface area contributed by atoms with Crippen molar-refractivity contribution in [3.63, 3.8) is 0 Å². The van der Waals surface area contributed by atoms with E-state index in [0.717, 1.165) is 21.9 Å². The Morgan fingerprint density at radius 3 is 2.81 bits per heavy atom. The lowest BCUT2D eigenvalue weighted by Gasteiger charge is -2.14. The summed E-state index contributed by atoms with van der Waals surface area (Å²) in [6.07, 6.45) is 5.48. The van der Waals surface area contributed by atoms with Crippen LogP contribution in [0.1, 0.15) is 37.5 Å². The molecule has 1 saturated carbocycles. The number of rotatable bonds is 6. The van der Waals surface area contributed by atoms with Gasteiger partial charge in [-0.1, -0.05) is 24.9 Å². The van der Waals surface area contributed by atoms with Gasteiger partial charge in [0.25, 0.3) is 0 Å². The fraction of sp³-hybridized carbons (Fsp3) is 0.667. The molecule has 0 spiro atoms. The molecule has 1 N–H and O–H groups in total. The normalized spacial score (nSPS) is 17.7. The largest absolute Gasteiger partial charge is 0.311 e. The molecule has 1 aliphatic carbocycles. The first kappa shape index (κ1) is 12.9. The average molecular weight is 323 g/mol. The topological polar surface area (TPSA) is 12.0 Å². The Labute approximate surface area is 115 Å². The van der Waals surface area contributed by atoms with Gasteiger partial charge in [-0.3, -0.25) is 0 Å². The summed E-state index contributed by atoms with van der Waals surface area (Å²) in [5, 5.41) is 3.56. The summed E-state index contributed by atoms with van der Waals surface area (Å²) in [6.45, 7) is 4.38. The van der Waals surface area contributed by atoms with Crippen LogP contribution < -0.4 is 5.32 Å². The van der Waals surface area contributed by atoms with E-state index in [1.807, 2.05) is 0 Å². The smallest absolute Gasteiger partial charge is 0.107 e. The fourth-order valence-corrected chi connectivity index (χ4v) is 3.91. The highest BCUT2D eigenvalue weighted by Gasteiger charge is 2.40. The van der Waals surface area contributed by atoms with Crippen LogP contribution >= 0.6 is 38.9 Å². The van der Waals surface area contributed by atoms with Gasteiger partial charge < -0.3 is 5.32 Å². The fourth-order valence-electron chi connectivity index (χ4n) is 2.15. The van der Waals surface area contributed by atoms with Crippen LogP contribution in [0.15, 0.2) is 10.5 Å². The van der Waals surface area contributed by atoms with Gasteiger partial charge in [0, 0.05) is 22.4 Å².